The number of alkyl halides is 1. The Morgan fingerprint density at radius 3 is 2.68 bits per heavy atom. The van der Waals surface area contributed by atoms with Crippen LogP contribution in [0.25, 0.3) is 27.8 Å². The van der Waals surface area contributed by atoms with Gasteiger partial charge in [-0.1, -0.05) is 51.8 Å². The van der Waals surface area contributed by atoms with Crippen molar-refractivity contribution in [1.29, 1.82) is 0 Å². The quantitative estimate of drug-likeness (QED) is 0.485. The summed E-state index contributed by atoms with van der Waals surface area (Å²) in [6.45, 7) is 0. The average Bonchev–Trinajstić information content (AvgIpc) is 2.95. The van der Waals surface area contributed by atoms with Crippen LogP contribution in [-0.4, -0.2) is 19.7 Å². The second kappa shape index (κ2) is 5.34. The summed E-state index contributed by atoms with van der Waals surface area (Å²) in [4.78, 5) is 9.10. The lowest BCUT2D eigenvalue weighted by atomic mass is 10.1. The number of rotatable bonds is 2. The lowest BCUT2D eigenvalue weighted by molar-refractivity contribution is 0.847. The predicted octanol–water partition coefficient (Wildman–Crippen LogP) is 4.52. The summed E-state index contributed by atoms with van der Waals surface area (Å²) in [5, 5.41) is 7.69. The van der Waals surface area contributed by atoms with Crippen LogP contribution in [0.4, 0.5) is 0 Å². The van der Waals surface area contributed by atoms with E-state index >= 15 is 0 Å². The van der Waals surface area contributed by atoms with Gasteiger partial charge in [0.1, 0.15) is 0 Å². The number of fused-ring (bicyclic) bond motifs is 2. The Kier molecular flexibility index (Phi) is 3.32. The molecule has 6 heteroatoms. The number of para-hydroxylation sites is 1. The van der Waals surface area contributed by atoms with Crippen molar-refractivity contribution in [2.45, 2.75) is 5.33 Å². The molecule has 0 saturated carbocycles. The Labute approximate surface area is 139 Å². The smallest absolute Gasteiger partial charge is 0.167 e. The van der Waals surface area contributed by atoms with E-state index in [1.54, 1.807) is 10.9 Å². The predicted molar refractivity (Wildman–Crippen MR) is 91.8 cm³/mol. The second-order valence-corrected chi connectivity index (χ2v) is 5.76. The number of hydrogen-bond donors (Lipinski definition) is 0. The molecule has 108 valence electrons. The summed E-state index contributed by atoms with van der Waals surface area (Å²) < 4.78 is 1.74. The van der Waals surface area contributed by atoms with Crippen molar-refractivity contribution in [3.8, 4) is 5.82 Å². The third-order valence-corrected chi connectivity index (χ3v) is 4.44. The average molecular weight is 374 g/mol. The van der Waals surface area contributed by atoms with Crippen LogP contribution < -0.4 is 0 Å². The van der Waals surface area contributed by atoms with E-state index in [9.17, 15) is 0 Å². The summed E-state index contributed by atoms with van der Waals surface area (Å²) in [6.07, 6.45) is 1.74. The van der Waals surface area contributed by atoms with E-state index in [0.29, 0.717) is 10.4 Å². The molecule has 4 rings (SSSR count). The molecular formula is C16H10BrClN4. The maximum absolute atomic E-state index is 6.62. The van der Waals surface area contributed by atoms with Gasteiger partial charge in [0.15, 0.2) is 11.5 Å². The molecule has 0 unspecified atom stereocenters. The standard InChI is InChI=1S/C16H10BrClN4/c17-9-12-14-15(18)10-5-1-2-6-11(10)20-16(14)22(21-12)13-7-3-4-8-19-13/h1-8H,9H2. The molecule has 0 spiro atoms. The monoisotopic (exact) mass is 372 g/mol. The minimum atomic E-state index is 0.600. The van der Waals surface area contributed by atoms with Crippen molar-refractivity contribution in [3.05, 3.63) is 59.4 Å². The molecule has 0 amide bonds. The van der Waals surface area contributed by atoms with Gasteiger partial charge in [0.25, 0.3) is 0 Å². The van der Waals surface area contributed by atoms with Crippen LogP contribution in [0.5, 0.6) is 0 Å². The van der Waals surface area contributed by atoms with Crippen molar-refractivity contribution in [1.82, 2.24) is 19.7 Å². The first-order chi connectivity index (χ1) is 10.8. The fourth-order valence-electron chi connectivity index (χ4n) is 2.52. The first kappa shape index (κ1) is 13.7. The van der Waals surface area contributed by atoms with Gasteiger partial charge in [0, 0.05) is 16.9 Å². The molecular weight excluding hydrogens is 364 g/mol. The minimum Gasteiger partial charge on any atom is -0.237 e. The fourth-order valence-corrected chi connectivity index (χ4v) is 3.26. The molecule has 3 aromatic heterocycles. The van der Waals surface area contributed by atoms with Crippen molar-refractivity contribution >= 4 is 49.5 Å². The maximum Gasteiger partial charge on any atom is 0.167 e. The molecule has 0 aliphatic carbocycles. The topological polar surface area (TPSA) is 43.6 Å². The SMILES string of the molecule is Clc1c2ccccc2nc2c1c(CBr)nn2-c1ccccn1. The molecule has 0 N–H and O–H groups in total. The van der Waals surface area contributed by atoms with Crippen LogP contribution in [0.3, 0.4) is 0 Å². The maximum atomic E-state index is 6.62. The lowest BCUT2D eigenvalue weighted by Gasteiger charge is -2.04. The molecule has 22 heavy (non-hydrogen) atoms. The minimum absolute atomic E-state index is 0.600. The van der Waals surface area contributed by atoms with E-state index in [-0.39, 0.29) is 0 Å². The molecule has 0 saturated heterocycles. The van der Waals surface area contributed by atoms with Crippen molar-refractivity contribution in [2.24, 2.45) is 0 Å². The van der Waals surface area contributed by atoms with E-state index in [2.05, 4.69) is 26.0 Å². The third kappa shape index (κ3) is 2.01. The molecule has 0 aliphatic rings. The zero-order chi connectivity index (χ0) is 15.1. The number of halogens is 2. The summed E-state index contributed by atoms with van der Waals surface area (Å²) in [5.74, 6) is 0.721. The van der Waals surface area contributed by atoms with Crippen LogP contribution >= 0.6 is 27.5 Å². The number of pyridine rings is 2. The molecule has 4 aromatic rings. The van der Waals surface area contributed by atoms with Gasteiger partial charge in [0.05, 0.1) is 21.6 Å². The fraction of sp³-hybridized carbons (Fsp3) is 0.0625. The molecule has 0 fully saturated rings. The Balaban J connectivity index is 2.16. The second-order valence-electron chi connectivity index (χ2n) is 4.82. The zero-order valence-corrected chi connectivity index (χ0v) is 13.7. The highest BCUT2D eigenvalue weighted by molar-refractivity contribution is 9.08. The Morgan fingerprint density at radius 2 is 1.91 bits per heavy atom. The summed E-state index contributed by atoms with van der Waals surface area (Å²) >= 11 is 10.1. The summed E-state index contributed by atoms with van der Waals surface area (Å²) in [6, 6.07) is 13.5. The highest BCUT2D eigenvalue weighted by atomic mass is 79.9. The summed E-state index contributed by atoms with van der Waals surface area (Å²) in [7, 11) is 0. The Bertz CT molecular complexity index is 982. The van der Waals surface area contributed by atoms with Gasteiger partial charge in [-0.25, -0.2) is 9.97 Å². The Hall–Kier alpha value is -1.98. The normalized spacial score (nSPS) is 11.4. The summed E-state index contributed by atoms with van der Waals surface area (Å²) in [5.41, 5.74) is 2.42. The lowest BCUT2D eigenvalue weighted by Crippen LogP contribution is -2.00. The molecule has 1 aromatic carbocycles. The Morgan fingerprint density at radius 1 is 1.09 bits per heavy atom. The van der Waals surface area contributed by atoms with E-state index in [4.69, 9.17) is 16.6 Å². The van der Waals surface area contributed by atoms with Crippen LogP contribution in [0.1, 0.15) is 5.69 Å². The number of benzene rings is 1. The van der Waals surface area contributed by atoms with Crippen molar-refractivity contribution < 1.29 is 0 Å². The van der Waals surface area contributed by atoms with Gasteiger partial charge < -0.3 is 0 Å². The van der Waals surface area contributed by atoms with Gasteiger partial charge in [-0.2, -0.15) is 9.78 Å². The van der Waals surface area contributed by atoms with Crippen molar-refractivity contribution in [3.63, 3.8) is 0 Å². The largest absolute Gasteiger partial charge is 0.237 e. The van der Waals surface area contributed by atoms with Gasteiger partial charge in [-0.15, -0.1) is 0 Å². The van der Waals surface area contributed by atoms with Gasteiger partial charge in [0.2, 0.25) is 0 Å². The van der Waals surface area contributed by atoms with Crippen LogP contribution in [-0.2, 0) is 5.33 Å². The molecule has 0 atom stereocenters. The van der Waals surface area contributed by atoms with Crippen molar-refractivity contribution in [2.75, 3.05) is 0 Å². The number of nitrogens with zero attached hydrogens (tertiary/aromatic N) is 4. The highest BCUT2D eigenvalue weighted by Crippen LogP contribution is 2.34. The molecule has 0 aliphatic heterocycles. The number of hydrogen-bond acceptors (Lipinski definition) is 3. The molecule has 0 bridgehead atoms. The van der Waals surface area contributed by atoms with Crippen LogP contribution in [0.2, 0.25) is 5.02 Å². The zero-order valence-electron chi connectivity index (χ0n) is 11.4. The van der Waals surface area contributed by atoms with E-state index in [1.165, 1.54) is 0 Å². The van der Waals surface area contributed by atoms with Gasteiger partial charge in [-0.3, -0.25) is 0 Å². The van der Waals surface area contributed by atoms with Crippen LogP contribution in [0.15, 0.2) is 48.7 Å². The van der Waals surface area contributed by atoms with Gasteiger partial charge in [-0.05, 0) is 18.2 Å². The third-order valence-electron chi connectivity index (χ3n) is 3.51. The van der Waals surface area contributed by atoms with E-state index < -0.39 is 0 Å². The molecule has 0 radical (unpaired) electrons. The van der Waals surface area contributed by atoms with E-state index in [0.717, 1.165) is 33.4 Å². The highest BCUT2D eigenvalue weighted by Gasteiger charge is 2.18. The van der Waals surface area contributed by atoms with Gasteiger partial charge >= 0.3 is 0 Å². The number of aromatic nitrogens is 4. The first-order valence-corrected chi connectivity index (χ1v) is 8.23. The van der Waals surface area contributed by atoms with Crippen LogP contribution in [0, 0.1) is 0 Å². The molecule has 4 nitrogen and oxygen atoms in total. The molecule has 3 heterocycles. The first-order valence-electron chi connectivity index (χ1n) is 6.73. The van der Waals surface area contributed by atoms with E-state index in [1.807, 2.05) is 42.5 Å².